The topological polar surface area (TPSA) is 90.4 Å². The summed E-state index contributed by atoms with van der Waals surface area (Å²) in [7, 11) is 0. The van der Waals surface area contributed by atoms with E-state index in [0.29, 0.717) is 16.4 Å². The van der Waals surface area contributed by atoms with Crippen molar-refractivity contribution in [2.24, 2.45) is 5.10 Å². The van der Waals surface area contributed by atoms with E-state index in [4.69, 9.17) is 0 Å². The second-order valence-electron chi connectivity index (χ2n) is 4.13. The fraction of sp³-hybridized carbons (Fsp3) is 0.154. The first-order valence-electron chi connectivity index (χ1n) is 5.95. The number of hydrogen-bond donors (Lipinski definition) is 0. The largest absolute Gasteiger partial charge is 0.275 e. The summed E-state index contributed by atoms with van der Waals surface area (Å²) < 4.78 is 1.19. The number of aromatic nitrogens is 2. The van der Waals surface area contributed by atoms with Crippen LogP contribution in [0.2, 0.25) is 0 Å². The average Bonchev–Trinajstić information content (AvgIpc) is 2.46. The maximum absolute atomic E-state index is 11.9. The average molecular weight is 304 g/mol. The fourth-order valence-electron chi connectivity index (χ4n) is 1.61. The minimum absolute atomic E-state index is 0.00567. The van der Waals surface area contributed by atoms with Crippen LogP contribution < -0.4 is 5.56 Å². The molecule has 0 aliphatic heterocycles. The normalized spacial score (nSPS) is 11.0. The number of nitro groups is 1. The van der Waals surface area contributed by atoms with Crippen LogP contribution in [0.1, 0.15) is 11.3 Å². The number of rotatable bonds is 4. The van der Waals surface area contributed by atoms with E-state index in [0.717, 1.165) is 0 Å². The Hall–Kier alpha value is -2.48. The van der Waals surface area contributed by atoms with E-state index >= 15 is 0 Å². The number of benzene rings is 1. The summed E-state index contributed by atoms with van der Waals surface area (Å²) in [4.78, 5) is 26.2. The van der Waals surface area contributed by atoms with E-state index in [9.17, 15) is 14.9 Å². The third-order valence-corrected chi connectivity index (χ3v) is 3.23. The van der Waals surface area contributed by atoms with Crippen LogP contribution in [0.4, 0.5) is 5.69 Å². The van der Waals surface area contributed by atoms with Crippen molar-refractivity contribution >= 4 is 23.7 Å². The van der Waals surface area contributed by atoms with Crippen LogP contribution in [0.5, 0.6) is 0 Å². The minimum Gasteiger partial charge on any atom is -0.267 e. The molecule has 0 spiro atoms. The molecule has 0 amide bonds. The van der Waals surface area contributed by atoms with Gasteiger partial charge in [0.05, 0.1) is 11.1 Å². The molecule has 0 N–H and O–H groups in total. The Balaban J connectivity index is 2.33. The maximum Gasteiger partial charge on any atom is 0.275 e. The molecule has 0 atom stereocenters. The lowest BCUT2D eigenvalue weighted by Gasteiger charge is -2.04. The molecule has 7 nitrogen and oxygen atoms in total. The van der Waals surface area contributed by atoms with Crippen LogP contribution in [-0.2, 0) is 0 Å². The van der Waals surface area contributed by atoms with E-state index in [1.165, 1.54) is 40.9 Å². The van der Waals surface area contributed by atoms with Crippen molar-refractivity contribution in [1.29, 1.82) is 0 Å². The van der Waals surface area contributed by atoms with Gasteiger partial charge < -0.3 is 0 Å². The van der Waals surface area contributed by atoms with Gasteiger partial charge in [0.15, 0.2) is 5.16 Å². The Kier molecular flexibility index (Phi) is 4.49. The number of aryl methyl sites for hydroxylation is 1. The van der Waals surface area contributed by atoms with Crippen molar-refractivity contribution in [3.8, 4) is 0 Å². The number of hydrogen-bond acceptors (Lipinski definition) is 6. The van der Waals surface area contributed by atoms with E-state index in [1.54, 1.807) is 25.3 Å². The fourth-order valence-corrected chi connectivity index (χ4v) is 2.15. The SMILES string of the molecule is CSc1nc(C)cc(=O)n1/N=C/c1ccc([N+](=O)[O-])cc1. The molecule has 0 saturated heterocycles. The van der Waals surface area contributed by atoms with Gasteiger partial charge in [-0.1, -0.05) is 11.8 Å². The molecule has 0 saturated carbocycles. The monoisotopic (exact) mass is 304 g/mol. The summed E-state index contributed by atoms with van der Waals surface area (Å²) in [6.45, 7) is 1.74. The van der Waals surface area contributed by atoms with Crippen LogP contribution in [-0.4, -0.2) is 27.1 Å². The zero-order valence-corrected chi connectivity index (χ0v) is 12.2. The van der Waals surface area contributed by atoms with E-state index in [1.807, 2.05) is 0 Å². The van der Waals surface area contributed by atoms with Crippen molar-refractivity contribution in [2.45, 2.75) is 12.1 Å². The predicted molar refractivity (Wildman–Crippen MR) is 81.1 cm³/mol. The summed E-state index contributed by atoms with van der Waals surface area (Å²) in [5.74, 6) is 0. The Morgan fingerprint density at radius 2 is 2.05 bits per heavy atom. The van der Waals surface area contributed by atoms with Gasteiger partial charge in [-0.25, -0.2) is 4.98 Å². The van der Waals surface area contributed by atoms with Crippen LogP contribution in [0.25, 0.3) is 0 Å². The molecule has 108 valence electrons. The number of nitrogens with zero attached hydrogens (tertiary/aromatic N) is 4. The highest BCUT2D eigenvalue weighted by Crippen LogP contribution is 2.12. The van der Waals surface area contributed by atoms with Gasteiger partial charge in [0.25, 0.3) is 11.2 Å². The second-order valence-corrected chi connectivity index (χ2v) is 4.90. The van der Waals surface area contributed by atoms with Gasteiger partial charge in [0.1, 0.15) is 0 Å². The lowest BCUT2D eigenvalue weighted by molar-refractivity contribution is -0.384. The van der Waals surface area contributed by atoms with Gasteiger partial charge in [0.2, 0.25) is 0 Å². The molecule has 0 aliphatic rings. The number of nitro benzene ring substituents is 1. The highest BCUT2D eigenvalue weighted by atomic mass is 32.2. The Labute approximate surface area is 124 Å². The van der Waals surface area contributed by atoms with Gasteiger partial charge in [-0.15, -0.1) is 0 Å². The highest BCUT2D eigenvalue weighted by molar-refractivity contribution is 7.98. The Morgan fingerprint density at radius 3 is 2.62 bits per heavy atom. The molecule has 2 rings (SSSR count). The van der Waals surface area contributed by atoms with Crippen molar-refractivity contribution in [3.63, 3.8) is 0 Å². The zero-order chi connectivity index (χ0) is 15.4. The van der Waals surface area contributed by atoms with Gasteiger partial charge in [0, 0.05) is 23.9 Å². The zero-order valence-electron chi connectivity index (χ0n) is 11.4. The molecule has 1 heterocycles. The van der Waals surface area contributed by atoms with Crippen molar-refractivity contribution in [2.75, 3.05) is 6.26 Å². The third kappa shape index (κ3) is 3.54. The van der Waals surface area contributed by atoms with Crippen molar-refractivity contribution in [3.05, 3.63) is 62.1 Å². The van der Waals surface area contributed by atoms with Crippen LogP contribution in [0.3, 0.4) is 0 Å². The van der Waals surface area contributed by atoms with Crippen molar-refractivity contribution < 1.29 is 4.92 Å². The number of thioether (sulfide) groups is 1. The first-order chi connectivity index (χ1) is 10.0. The van der Waals surface area contributed by atoms with Crippen molar-refractivity contribution in [1.82, 2.24) is 9.66 Å². The molecule has 8 heteroatoms. The third-order valence-electron chi connectivity index (χ3n) is 2.60. The minimum atomic E-state index is -0.471. The molecule has 1 aromatic heterocycles. The molecular formula is C13H12N4O3S. The molecule has 0 unspecified atom stereocenters. The van der Waals surface area contributed by atoms with Gasteiger partial charge >= 0.3 is 0 Å². The summed E-state index contributed by atoms with van der Waals surface area (Å²) in [5, 5.41) is 15.1. The summed E-state index contributed by atoms with van der Waals surface area (Å²) >= 11 is 1.31. The Morgan fingerprint density at radius 1 is 1.38 bits per heavy atom. The van der Waals surface area contributed by atoms with Crippen LogP contribution in [0.15, 0.2) is 45.4 Å². The summed E-state index contributed by atoms with van der Waals surface area (Å²) in [5.41, 5.74) is 1.02. The van der Waals surface area contributed by atoms with Crippen LogP contribution in [0, 0.1) is 17.0 Å². The Bertz CT molecular complexity index is 753. The van der Waals surface area contributed by atoms with E-state index in [2.05, 4.69) is 10.1 Å². The number of non-ortho nitro benzene ring substituents is 1. The molecule has 2 aromatic rings. The lowest BCUT2D eigenvalue weighted by atomic mass is 10.2. The van der Waals surface area contributed by atoms with E-state index < -0.39 is 4.92 Å². The molecule has 0 aliphatic carbocycles. The quantitative estimate of drug-likeness (QED) is 0.283. The van der Waals surface area contributed by atoms with Crippen LogP contribution >= 0.6 is 11.8 Å². The van der Waals surface area contributed by atoms with Gasteiger partial charge in [-0.2, -0.15) is 9.78 Å². The molecule has 0 bridgehead atoms. The summed E-state index contributed by atoms with van der Waals surface area (Å²) in [6.07, 6.45) is 3.26. The molecule has 0 radical (unpaired) electrons. The summed E-state index contributed by atoms with van der Waals surface area (Å²) in [6, 6.07) is 7.28. The molecular weight excluding hydrogens is 292 g/mol. The second kappa shape index (κ2) is 6.31. The molecule has 0 fully saturated rings. The first-order valence-corrected chi connectivity index (χ1v) is 7.17. The lowest BCUT2D eigenvalue weighted by Crippen LogP contribution is -2.19. The van der Waals surface area contributed by atoms with Gasteiger partial charge in [-0.3, -0.25) is 14.9 Å². The standard InChI is InChI=1S/C13H12N4O3S/c1-9-7-12(18)16(13(15-9)21-2)14-8-10-3-5-11(6-4-10)17(19)20/h3-8H,1-2H3/b14-8+. The molecule has 21 heavy (non-hydrogen) atoms. The maximum atomic E-state index is 11.9. The highest BCUT2D eigenvalue weighted by Gasteiger charge is 2.05. The smallest absolute Gasteiger partial charge is 0.267 e. The predicted octanol–water partition coefficient (Wildman–Crippen LogP) is 2.06. The molecule has 1 aromatic carbocycles. The van der Waals surface area contributed by atoms with E-state index in [-0.39, 0.29) is 11.2 Å². The van der Waals surface area contributed by atoms with Gasteiger partial charge in [-0.05, 0) is 30.9 Å². The first kappa shape index (κ1) is 14.9.